The van der Waals surface area contributed by atoms with Gasteiger partial charge in [0.05, 0.1) is 13.2 Å². The van der Waals surface area contributed by atoms with Crippen LogP contribution in [0.25, 0.3) is 0 Å². The first-order valence-corrected chi connectivity index (χ1v) is 16.9. The largest absolute Gasteiger partial charge is 0.460 e. The van der Waals surface area contributed by atoms with Crippen LogP contribution in [0.1, 0.15) is 117 Å². The van der Waals surface area contributed by atoms with Gasteiger partial charge < -0.3 is 54.3 Å². The lowest BCUT2D eigenvalue weighted by molar-refractivity contribution is -0.384. The Morgan fingerprint density at radius 1 is 0.689 bits per heavy atom. The van der Waals surface area contributed by atoms with Crippen LogP contribution >= 0.6 is 0 Å². The van der Waals surface area contributed by atoms with E-state index in [4.69, 9.17) is 23.7 Å². The number of carbonyl (C=O) groups excluding carboxylic acids is 2. The minimum Gasteiger partial charge on any atom is -0.460 e. The summed E-state index contributed by atoms with van der Waals surface area (Å²) in [6.45, 7) is 1.16. The van der Waals surface area contributed by atoms with Gasteiger partial charge in [-0.2, -0.15) is 0 Å². The molecule has 2 fully saturated rings. The van der Waals surface area contributed by atoms with E-state index in [0.29, 0.717) is 6.42 Å². The molecule has 13 heteroatoms. The minimum atomic E-state index is -2.25. The van der Waals surface area contributed by atoms with Gasteiger partial charge in [-0.3, -0.25) is 9.59 Å². The van der Waals surface area contributed by atoms with Crippen LogP contribution in [0.15, 0.2) is 0 Å². The van der Waals surface area contributed by atoms with E-state index in [1.165, 1.54) is 64.2 Å². The van der Waals surface area contributed by atoms with Crippen LogP contribution in [0, 0.1) is 0 Å². The van der Waals surface area contributed by atoms with Crippen LogP contribution in [0.5, 0.6) is 0 Å². The molecular weight excluding hydrogens is 592 g/mol. The second kappa shape index (κ2) is 21.5. The molecule has 0 saturated carbocycles. The van der Waals surface area contributed by atoms with Crippen LogP contribution in [0.2, 0.25) is 0 Å². The average molecular weight is 651 g/mol. The number of ether oxygens (including phenoxy) is 5. The molecule has 0 aromatic rings. The Balaban J connectivity index is 1.84. The number of carbonyl (C=O) groups is 2. The molecule has 2 saturated heterocycles. The van der Waals surface area contributed by atoms with Crippen LogP contribution in [-0.4, -0.2) is 117 Å². The highest BCUT2D eigenvalue weighted by molar-refractivity contribution is 5.69. The Morgan fingerprint density at radius 3 is 1.69 bits per heavy atom. The number of hydrogen-bond donors (Lipinski definition) is 6. The fraction of sp³-hybridized carbons (Fsp3) is 0.938. The molecule has 45 heavy (non-hydrogen) atoms. The molecule has 0 aromatic heterocycles. The lowest BCUT2D eigenvalue weighted by Crippen LogP contribution is -2.63. The van der Waals surface area contributed by atoms with E-state index < -0.39 is 86.6 Å². The highest BCUT2D eigenvalue weighted by atomic mass is 16.8. The van der Waals surface area contributed by atoms with Crippen molar-refractivity contribution in [3.63, 3.8) is 0 Å². The Hall–Kier alpha value is -1.42. The zero-order valence-corrected chi connectivity index (χ0v) is 27.1. The van der Waals surface area contributed by atoms with Crippen molar-refractivity contribution in [1.29, 1.82) is 0 Å². The lowest BCUT2D eigenvalue weighted by Gasteiger charge is -2.43. The molecule has 0 bridgehead atoms. The summed E-state index contributed by atoms with van der Waals surface area (Å²) < 4.78 is 27.6. The quantitative estimate of drug-likeness (QED) is 0.0693. The van der Waals surface area contributed by atoms with Crippen molar-refractivity contribution in [1.82, 2.24) is 0 Å². The summed E-state index contributed by atoms with van der Waals surface area (Å²) in [5.74, 6) is -3.70. The van der Waals surface area contributed by atoms with Crippen molar-refractivity contribution in [2.45, 2.75) is 171 Å². The molecule has 2 rings (SSSR count). The van der Waals surface area contributed by atoms with Crippen LogP contribution in [0.3, 0.4) is 0 Å². The fourth-order valence-electron chi connectivity index (χ4n) is 5.80. The molecule has 0 amide bonds. The van der Waals surface area contributed by atoms with Crippen molar-refractivity contribution >= 4 is 11.9 Å². The second-order valence-corrected chi connectivity index (χ2v) is 12.3. The van der Waals surface area contributed by atoms with Gasteiger partial charge in [-0.1, -0.05) is 96.8 Å². The van der Waals surface area contributed by atoms with Gasteiger partial charge in [-0.05, 0) is 6.42 Å². The average Bonchev–Trinajstić information content (AvgIpc) is 3.28. The van der Waals surface area contributed by atoms with E-state index in [0.717, 1.165) is 32.6 Å². The summed E-state index contributed by atoms with van der Waals surface area (Å²) in [7, 11) is 0. The maximum atomic E-state index is 12.8. The van der Waals surface area contributed by atoms with Crippen molar-refractivity contribution in [2.75, 3.05) is 19.8 Å². The molecule has 9 atom stereocenters. The van der Waals surface area contributed by atoms with Crippen LogP contribution in [0.4, 0.5) is 0 Å². The maximum Gasteiger partial charge on any atom is 0.306 e. The van der Waals surface area contributed by atoms with Crippen molar-refractivity contribution < 1.29 is 63.9 Å². The normalized spacial score (nSPS) is 31.6. The SMILES string of the molecule is CCCCCCCCCCCCCCCCCC(=O)O[C@H]1[C@H](O)[C@@H](CO)O[C@@]1(COC(C)=O)O[C@H]1O[C@H](CO)[C@@H](O)[C@H](O)[C@H]1O. The van der Waals surface area contributed by atoms with E-state index in [1.807, 2.05) is 0 Å². The molecule has 0 aliphatic carbocycles. The highest BCUT2D eigenvalue weighted by Gasteiger charge is 2.61. The number of unbranched alkanes of at least 4 members (excludes halogenated alkanes) is 14. The molecule has 2 aliphatic heterocycles. The smallest absolute Gasteiger partial charge is 0.306 e. The first kappa shape index (κ1) is 39.8. The molecule has 0 spiro atoms. The van der Waals surface area contributed by atoms with Gasteiger partial charge in [0.25, 0.3) is 0 Å². The lowest BCUT2D eigenvalue weighted by atomic mass is 9.99. The number of aliphatic hydroxyl groups excluding tert-OH is 6. The third-order valence-corrected chi connectivity index (χ3v) is 8.54. The monoisotopic (exact) mass is 650 g/mol. The van der Waals surface area contributed by atoms with Crippen molar-refractivity contribution in [3.05, 3.63) is 0 Å². The molecule has 2 aliphatic rings. The zero-order valence-electron chi connectivity index (χ0n) is 27.1. The zero-order chi connectivity index (χ0) is 33.2. The van der Waals surface area contributed by atoms with Crippen molar-refractivity contribution in [2.24, 2.45) is 0 Å². The number of esters is 2. The predicted octanol–water partition coefficient (Wildman–Crippen LogP) is 1.99. The second-order valence-electron chi connectivity index (χ2n) is 12.3. The molecule has 13 nitrogen and oxygen atoms in total. The number of rotatable bonds is 23. The maximum absolute atomic E-state index is 12.8. The van der Waals surface area contributed by atoms with Gasteiger partial charge >= 0.3 is 11.9 Å². The Morgan fingerprint density at radius 2 is 1.20 bits per heavy atom. The van der Waals surface area contributed by atoms with Gasteiger partial charge in [0, 0.05) is 13.3 Å². The van der Waals surface area contributed by atoms with Gasteiger partial charge in [-0.15, -0.1) is 0 Å². The molecular formula is C32H58O13. The molecule has 0 aromatic carbocycles. The molecule has 264 valence electrons. The summed E-state index contributed by atoms with van der Waals surface area (Å²) >= 11 is 0. The number of aliphatic hydroxyl groups is 6. The van der Waals surface area contributed by atoms with Gasteiger partial charge in [0.2, 0.25) is 5.79 Å². The third kappa shape index (κ3) is 13.0. The third-order valence-electron chi connectivity index (χ3n) is 8.54. The topological polar surface area (TPSA) is 202 Å². The molecule has 0 unspecified atom stereocenters. The minimum absolute atomic E-state index is 0.0367. The van der Waals surface area contributed by atoms with Crippen LogP contribution in [-0.2, 0) is 33.3 Å². The summed E-state index contributed by atoms with van der Waals surface area (Å²) in [6.07, 6.45) is 4.70. The Labute approximate surface area is 267 Å². The van der Waals surface area contributed by atoms with Crippen LogP contribution < -0.4 is 0 Å². The fourth-order valence-corrected chi connectivity index (χ4v) is 5.80. The van der Waals surface area contributed by atoms with Crippen molar-refractivity contribution in [3.8, 4) is 0 Å². The summed E-state index contributed by atoms with van der Waals surface area (Å²) in [5, 5.41) is 61.0. The Bertz CT molecular complexity index is 827. The summed E-state index contributed by atoms with van der Waals surface area (Å²) in [4.78, 5) is 24.5. The number of hydrogen-bond acceptors (Lipinski definition) is 13. The van der Waals surface area contributed by atoms with Gasteiger partial charge in [0.15, 0.2) is 12.4 Å². The molecule has 6 N–H and O–H groups in total. The molecule has 2 heterocycles. The van der Waals surface area contributed by atoms with E-state index in [-0.39, 0.29) is 6.42 Å². The standard InChI is InChI=1S/C32H58O13/c1-3-4-5-6-7-8-9-10-11-12-13-14-15-16-17-18-25(36)43-30-27(38)24(20-34)44-32(30,21-41-22(2)35)45-31-29(40)28(39)26(37)23(19-33)42-31/h23-24,26-31,33-34,37-40H,3-21H2,1-2H3/t23-,24-,26-,27-,28+,29-,30+,31-,32+/m1/s1. The van der Waals surface area contributed by atoms with E-state index in [9.17, 15) is 40.2 Å². The predicted molar refractivity (Wildman–Crippen MR) is 162 cm³/mol. The first-order chi connectivity index (χ1) is 21.6. The Kier molecular flexibility index (Phi) is 19.0. The van der Waals surface area contributed by atoms with E-state index >= 15 is 0 Å². The van der Waals surface area contributed by atoms with E-state index in [2.05, 4.69) is 6.92 Å². The molecule has 0 radical (unpaired) electrons. The summed E-state index contributed by atoms with van der Waals surface area (Å²) in [6, 6.07) is 0. The highest BCUT2D eigenvalue weighted by Crippen LogP contribution is 2.38. The van der Waals surface area contributed by atoms with Gasteiger partial charge in [-0.25, -0.2) is 0 Å². The van der Waals surface area contributed by atoms with E-state index in [1.54, 1.807) is 0 Å². The first-order valence-electron chi connectivity index (χ1n) is 16.9. The summed E-state index contributed by atoms with van der Waals surface area (Å²) in [5.41, 5.74) is 0. The van der Waals surface area contributed by atoms with Gasteiger partial charge in [0.1, 0.15) is 43.2 Å².